The highest BCUT2D eigenvalue weighted by Gasteiger charge is 2.43. The van der Waals surface area contributed by atoms with Crippen molar-refractivity contribution in [3.8, 4) is 23.0 Å². The number of anilines is 1. The van der Waals surface area contributed by atoms with E-state index >= 15 is 0 Å². The molecule has 55 heavy (non-hydrogen) atoms. The number of halogens is 2. The number of hydrogen-bond donors (Lipinski definition) is 1. The number of hydrogen-bond acceptors (Lipinski definition) is 11. The molecule has 5 aromatic rings. The number of nitrogens with zero attached hydrogens (tertiary/aromatic N) is 4. The molecule has 0 saturated carbocycles. The van der Waals surface area contributed by atoms with E-state index in [2.05, 4.69) is 4.98 Å². The molecule has 2 unspecified atom stereocenters. The summed E-state index contributed by atoms with van der Waals surface area (Å²) in [5, 5.41) is 13.3. The lowest BCUT2D eigenvalue weighted by Gasteiger charge is -2.39. The summed E-state index contributed by atoms with van der Waals surface area (Å²) < 4.78 is 34.8. The normalized spacial score (nSPS) is 17.8. The fraction of sp³-hybridized carbons (Fsp3) is 0.390. The predicted octanol–water partition coefficient (Wildman–Crippen LogP) is 7.75. The van der Waals surface area contributed by atoms with Crippen LogP contribution in [0.15, 0.2) is 65.3 Å². The van der Waals surface area contributed by atoms with E-state index in [4.69, 9.17) is 56.3 Å². The topological polar surface area (TPSA) is 129 Å². The molecule has 1 amide bonds. The maximum Gasteiger partial charge on any atom is 0.299 e. The van der Waals surface area contributed by atoms with Crippen LogP contribution in [0.3, 0.4) is 0 Å². The molecular weight excluding hydrogens is 747 g/mol. The van der Waals surface area contributed by atoms with Gasteiger partial charge in [0.05, 0.1) is 54.3 Å². The second kappa shape index (κ2) is 17.4. The molecular formula is C41H46Cl2N4O8. The molecule has 7 rings (SSSR count). The van der Waals surface area contributed by atoms with Crippen LogP contribution < -0.4 is 23.8 Å². The van der Waals surface area contributed by atoms with Crippen LogP contribution >= 0.6 is 23.2 Å². The Balaban J connectivity index is 0.00000253. The Morgan fingerprint density at radius 2 is 1.60 bits per heavy atom. The lowest BCUT2D eigenvalue weighted by Crippen LogP contribution is -2.49. The zero-order chi connectivity index (χ0) is 39.3. The number of fused-ring (bicyclic) bond motifs is 2. The first kappa shape index (κ1) is 39.9. The molecule has 1 saturated heterocycles. The molecule has 2 aromatic heterocycles. The molecule has 14 heteroatoms. The summed E-state index contributed by atoms with van der Waals surface area (Å²) in [4.78, 5) is 26.8. The molecule has 2 aliphatic heterocycles. The van der Waals surface area contributed by atoms with Crippen molar-refractivity contribution < 1.29 is 38.0 Å². The Morgan fingerprint density at radius 3 is 2.22 bits per heavy atom. The highest BCUT2D eigenvalue weighted by atomic mass is 35.5. The Kier molecular flexibility index (Phi) is 12.6. The fourth-order valence-corrected chi connectivity index (χ4v) is 7.69. The van der Waals surface area contributed by atoms with Gasteiger partial charge in [-0.1, -0.05) is 37.0 Å². The first-order chi connectivity index (χ1) is 26.6. The van der Waals surface area contributed by atoms with Crippen LogP contribution in [0, 0.1) is 0 Å². The molecule has 3 aromatic carbocycles. The van der Waals surface area contributed by atoms with Crippen molar-refractivity contribution in [1.29, 1.82) is 0 Å². The summed E-state index contributed by atoms with van der Waals surface area (Å²) in [6, 6.07) is 15.1. The third kappa shape index (κ3) is 8.42. The molecule has 12 nitrogen and oxygen atoms in total. The highest BCUT2D eigenvalue weighted by molar-refractivity contribution is 6.35. The van der Waals surface area contributed by atoms with Crippen LogP contribution in [0.25, 0.3) is 11.1 Å². The summed E-state index contributed by atoms with van der Waals surface area (Å²) >= 11 is 12.7. The van der Waals surface area contributed by atoms with Gasteiger partial charge in [0.15, 0.2) is 5.58 Å². The van der Waals surface area contributed by atoms with Crippen molar-refractivity contribution in [3.05, 3.63) is 98.8 Å². The Hall–Kier alpha value is -4.75. The monoisotopic (exact) mass is 792 g/mol. The summed E-state index contributed by atoms with van der Waals surface area (Å²) in [6.45, 7) is 5.64. The average Bonchev–Trinajstić information content (AvgIpc) is 3.66. The van der Waals surface area contributed by atoms with E-state index in [1.165, 1.54) is 0 Å². The Bertz CT molecular complexity index is 2090. The van der Waals surface area contributed by atoms with Gasteiger partial charge < -0.3 is 43.0 Å². The maximum atomic E-state index is 13.9. The van der Waals surface area contributed by atoms with Crippen molar-refractivity contribution in [1.82, 2.24) is 14.9 Å². The quantitative estimate of drug-likeness (QED) is 0.141. The van der Waals surface area contributed by atoms with Crippen LogP contribution in [0.5, 0.6) is 23.0 Å². The number of carbonyl (C=O) groups is 1. The van der Waals surface area contributed by atoms with Crippen LogP contribution in [-0.2, 0) is 41.2 Å². The maximum absolute atomic E-state index is 13.9. The van der Waals surface area contributed by atoms with Gasteiger partial charge in [0, 0.05) is 71.0 Å². The zero-order valence-electron chi connectivity index (χ0n) is 31.9. The zero-order valence-corrected chi connectivity index (χ0v) is 33.4. The molecule has 2 aliphatic rings. The van der Waals surface area contributed by atoms with Gasteiger partial charge in [-0.15, -0.1) is 0 Å². The summed E-state index contributed by atoms with van der Waals surface area (Å²) in [6.07, 6.45) is 3.14. The minimum absolute atomic E-state index is 0.0101. The van der Waals surface area contributed by atoms with Gasteiger partial charge in [0.2, 0.25) is 0 Å². The van der Waals surface area contributed by atoms with E-state index < -0.39 is 11.7 Å². The SMILES string of the molecule is CC.COc1ccc(CN(Cc2ccc(OC)cc2OC)c2nc3cncc(C4(O)CCOC(C(=O)N5CCc6cc(Cl)cc(Cl)c6C5)C4)c3o2)c(OC)c1. The molecule has 1 fully saturated rings. The van der Waals surface area contributed by atoms with E-state index in [-0.39, 0.29) is 31.4 Å². The van der Waals surface area contributed by atoms with Crippen LogP contribution in [0.1, 0.15) is 54.5 Å². The van der Waals surface area contributed by atoms with Crippen molar-refractivity contribution in [2.24, 2.45) is 0 Å². The fourth-order valence-electron chi connectivity index (χ4n) is 7.09. The number of carbonyl (C=O) groups excluding carboxylic acids is 1. The van der Waals surface area contributed by atoms with Crippen molar-refractivity contribution in [3.63, 3.8) is 0 Å². The number of amides is 1. The number of methoxy groups -OCH3 is 4. The number of aromatic nitrogens is 2. The van der Waals surface area contributed by atoms with Gasteiger partial charge in [0.1, 0.15) is 40.2 Å². The third-order valence-corrected chi connectivity index (χ3v) is 10.5. The molecule has 0 radical (unpaired) electrons. The average molecular weight is 794 g/mol. The smallest absolute Gasteiger partial charge is 0.299 e. The lowest BCUT2D eigenvalue weighted by atomic mass is 9.83. The Morgan fingerprint density at radius 1 is 0.945 bits per heavy atom. The van der Waals surface area contributed by atoms with Gasteiger partial charge in [-0.05, 0) is 53.9 Å². The predicted molar refractivity (Wildman–Crippen MR) is 211 cm³/mol. The molecule has 0 bridgehead atoms. The highest BCUT2D eigenvalue weighted by Crippen LogP contribution is 2.41. The van der Waals surface area contributed by atoms with Crippen LogP contribution in [-0.4, -0.2) is 73.6 Å². The van der Waals surface area contributed by atoms with E-state index in [1.54, 1.807) is 51.8 Å². The van der Waals surface area contributed by atoms with E-state index in [9.17, 15) is 9.90 Å². The molecule has 4 heterocycles. The molecule has 0 spiro atoms. The molecule has 292 valence electrons. The number of ether oxygens (including phenoxy) is 5. The minimum Gasteiger partial charge on any atom is -0.497 e. The van der Waals surface area contributed by atoms with Gasteiger partial charge >= 0.3 is 0 Å². The summed E-state index contributed by atoms with van der Waals surface area (Å²) in [5.41, 5.74) is 3.38. The van der Waals surface area contributed by atoms with Gasteiger partial charge in [-0.25, -0.2) is 0 Å². The number of benzene rings is 3. The number of oxazole rings is 1. The van der Waals surface area contributed by atoms with E-state index in [0.29, 0.717) is 82.3 Å². The molecule has 0 aliphatic carbocycles. The van der Waals surface area contributed by atoms with E-state index in [1.807, 2.05) is 61.2 Å². The van der Waals surface area contributed by atoms with Crippen molar-refractivity contribution in [2.75, 3.05) is 46.5 Å². The van der Waals surface area contributed by atoms with Crippen LogP contribution in [0.4, 0.5) is 6.01 Å². The first-order valence-corrected chi connectivity index (χ1v) is 18.9. The van der Waals surface area contributed by atoms with Crippen molar-refractivity contribution >= 4 is 46.2 Å². The lowest BCUT2D eigenvalue weighted by molar-refractivity contribution is -0.161. The first-order valence-electron chi connectivity index (χ1n) is 18.1. The molecule has 2 atom stereocenters. The van der Waals surface area contributed by atoms with Gasteiger partial charge in [-0.2, -0.15) is 4.98 Å². The third-order valence-electron chi connectivity index (χ3n) is 9.97. The van der Waals surface area contributed by atoms with Crippen LogP contribution in [0.2, 0.25) is 10.0 Å². The van der Waals surface area contributed by atoms with E-state index in [0.717, 1.165) is 22.3 Å². The van der Waals surface area contributed by atoms with Gasteiger partial charge in [0.25, 0.3) is 11.9 Å². The number of pyridine rings is 1. The second-order valence-electron chi connectivity index (χ2n) is 13.1. The second-order valence-corrected chi connectivity index (χ2v) is 14.0. The Labute approximate surface area is 330 Å². The van der Waals surface area contributed by atoms with Gasteiger partial charge in [-0.3, -0.25) is 9.78 Å². The number of rotatable bonds is 11. The minimum atomic E-state index is -1.48. The summed E-state index contributed by atoms with van der Waals surface area (Å²) in [5.74, 6) is 2.36. The largest absolute Gasteiger partial charge is 0.497 e. The standard InChI is InChI=1S/C39H40Cl2N4O8.C2H6/c1-48-27-7-5-24(33(15-27)50-3)20-45(21-25-6-8-28(49-2)16-34(25)51-4)38-43-32-19-42-18-30(36(32)53-38)39(47)10-12-52-35(17-39)37(46)44-11-9-23-13-26(40)14-31(41)29(23)22-44;1-2/h5-8,13-16,18-19,35,47H,9-12,17,20-22H2,1-4H3;1-2H3. The number of aliphatic hydroxyl groups is 1. The van der Waals surface area contributed by atoms with Crippen molar-refractivity contribution in [2.45, 2.75) is 64.4 Å². The molecule has 1 N–H and O–H groups in total. The summed E-state index contributed by atoms with van der Waals surface area (Å²) in [7, 11) is 6.41.